The van der Waals surface area contributed by atoms with Crippen molar-refractivity contribution in [1.29, 1.82) is 0 Å². The van der Waals surface area contributed by atoms with E-state index in [1.165, 1.54) is 82.7 Å². The Kier molecular flexibility index (Phi) is 12.2. The second kappa shape index (κ2) is 18.1. The van der Waals surface area contributed by atoms with Gasteiger partial charge in [0.2, 0.25) is 13.4 Å². The molecule has 0 aliphatic carbocycles. The van der Waals surface area contributed by atoms with Gasteiger partial charge in [0.25, 0.3) is 0 Å². The minimum Gasteiger partial charge on any atom is -0.456 e. The molecule has 0 bridgehead atoms. The molecule has 352 valence electrons. The first-order valence-electron chi connectivity index (χ1n) is 25.7. The average molecular weight is 923 g/mol. The Hall–Kier alpha value is -6.83. The van der Waals surface area contributed by atoms with Crippen LogP contribution in [-0.2, 0) is 21.7 Å². The van der Waals surface area contributed by atoms with E-state index in [1.807, 2.05) is 0 Å². The highest BCUT2D eigenvalue weighted by Crippen LogP contribution is 2.49. The molecule has 0 N–H and O–H groups in total. The van der Waals surface area contributed by atoms with E-state index < -0.39 is 0 Å². The Morgan fingerprint density at radius 3 is 0.986 bits per heavy atom. The van der Waals surface area contributed by atoms with Gasteiger partial charge in [-0.1, -0.05) is 292 Å². The molecule has 0 saturated carbocycles. The van der Waals surface area contributed by atoms with Crippen LogP contribution in [0.1, 0.15) is 105 Å². The van der Waals surface area contributed by atoms with E-state index in [4.69, 9.17) is 4.74 Å². The van der Waals surface area contributed by atoms with E-state index >= 15 is 0 Å². The van der Waals surface area contributed by atoms with Crippen LogP contribution in [0.15, 0.2) is 194 Å². The Balaban J connectivity index is 0.950. The Morgan fingerprint density at radius 1 is 0.282 bits per heavy atom. The predicted molar refractivity (Wildman–Crippen MR) is 310 cm³/mol. The quantitative estimate of drug-likeness (QED) is 0.138. The summed E-state index contributed by atoms with van der Waals surface area (Å²) < 4.78 is 6.85. The zero-order valence-electron chi connectivity index (χ0n) is 44.0. The molecule has 0 fully saturated rings. The minimum atomic E-state index is 0.0954. The number of ether oxygens (including phenoxy) is 1. The van der Waals surface area contributed by atoms with E-state index in [0.29, 0.717) is 0 Å². The van der Waals surface area contributed by atoms with Crippen LogP contribution in [0.25, 0.3) is 44.2 Å². The van der Waals surface area contributed by atoms with Crippen molar-refractivity contribution in [3.05, 3.63) is 216 Å². The molecule has 10 rings (SSSR count). The molecule has 1 nitrogen and oxygen atoms in total. The molecule has 0 aromatic heterocycles. The van der Waals surface area contributed by atoms with Gasteiger partial charge in [-0.05, 0) is 95.3 Å². The van der Waals surface area contributed by atoms with Crippen LogP contribution in [0.3, 0.4) is 0 Å². The molecule has 0 unspecified atom stereocenters. The fourth-order valence-electron chi connectivity index (χ4n) is 10.6. The standard InChI is InChI=1S/C68H68B2O/c1-65(2,3)48-21-33-54(34-22-48)69(55-35-23-49(24-36-55)66(4,5)6)52-29-16-45(17-30-52)47-20-41-59-61-43-42-58(60-14-13-15-62(64(60)61)71-63(59)44-47)46-18-31-53(32-19-46)70(56-37-25-50(26-38-56)67(7,8)9)57-39-27-51(28-40-57)68(10,11)12/h13-44H,1-12H3. The fraction of sp³-hybridized carbons (Fsp3) is 0.235. The van der Waals surface area contributed by atoms with Gasteiger partial charge in [0.15, 0.2) is 0 Å². The molecule has 1 aliphatic heterocycles. The van der Waals surface area contributed by atoms with Crippen molar-refractivity contribution in [2.24, 2.45) is 0 Å². The van der Waals surface area contributed by atoms with Gasteiger partial charge in [-0.3, -0.25) is 0 Å². The van der Waals surface area contributed by atoms with E-state index in [1.54, 1.807) is 0 Å². The van der Waals surface area contributed by atoms with Gasteiger partial charge >= 0.3 is 0 Å². The maximum atomic E-state index is 6.85. The van der Waals surface area contributed by atoms with E-state index in [2.05, 4.69) is 277 Å². The highest BCUT2D eigenvalue weighted by atomic mass is 16.5. The molecule has 0 radical (unpaired) electrons. The molecule has 0 atom stereocenters. The molecule has 0 saturated heterocycles. The third-order valence-electron chi connectivity index (χ3n) is 15.1. The Labute approximate surface area is 425 Å². The summed E-state index contributed by atoms with van der Waals surface area (Å²) in [5.74, 6) is 1.78. The monoisotopic (exact) mass is 923 g/mol. The summed E-state index contributed by atoms with van der Waals surface area (Å²) in [5.41, 5.74) is 20.5. The van der Waals surface area contributed by atoms with E-state index in [9.17, 15) is 0 Å². The Bertz CT molecular complexity index is 3240. The second-order valence-electron chi connectivity index (χ2n) is 24.3. The SMILES string of the molecule is CC(C)(C)c1ccc(B(c2ccc(-c3ccc4c(c3)Oc3cccc5c(-c6ccc(B(c7ccc(C(C)(C)C)cc7)c7ccc(C(C)(C)C)cc7)cc6)ccc-4c35)cc2)c2ccc(C(C)(C)C)cc2)cc1. The first-order chi connectivity index (χ1) is 33.7. The predicted octanol–water partition coefficient (Wildman–Crippen LogP) is 14.2. The Morgan fingerprint density at radius 2 is 0.606 bits per heavy atom. The van der Waals surface area contributed by atoms with E-state index in [-0.39, 0.29) is 35.1 Å². The zero-order valence-corrected chi connectivity index (χ0v) is 44.0. The third-order valence-corrected chi connectivity index (χ3v) is 15.1. The van der Waals surface area contributed by atoms with Crippen molar-refractivity contribution in [1.82, 2.24) is 0 Å². The highest BCUT2D eigenvalue weighted by molar-refractivity contribution is 6.96. The summed E-state index contributed by atoms with van der Waals surface area (Å²) in [4.78, 5) is 0. The van der Waals surface area contributed by atoms with Crippen molar-refractivity contribution in [3.63, 3.8) is 0 Å². The fourth-order valence-corrected chi connectivity index (χ4v) is 10.6. The topological polar surface area (TPSA) is 9.23 Å². The van der Waals surface area contributed by atoms with Crippen molar-refractivity contribution >= 4 is 57.0 Å². The van der Waals surface area contributed by atoms with Crippen LogP contribution in [0.2, 0.25) is 0 Å². The molecule has 1 heterocycles. The van der Waals surface area contributed by atoms with Crippen molar-refractivity contribution in [2.75, 3.05) is 0 Å². The average Bonchev–Trinajstić information content (AvgIpc) is 3.34. The first-order valence-corrected chi connectivity index (χ1v) is 25.7. The molecule has 0 amide bonds. The summed E-state index contributed by atoms with van der Waals surface area (Å²) in [6, 6.07) is 73.4. The number of hydrogen-bond acceptors (Lipinski definition) is 1. The summed E-state index contributed by atoms with van der Waals surface area (Å²) in [6.07, 6.45) is 0. The molecular weight excluding hydrogens is 854 g/mol. The largest absolute Gasteiger partial charge is 0.456 e. The second-order valence-corrected chi connectivity index (χ2v) is 24.3. The summed E-state index contributed by atoms with van der Waals surface area (Å²) in [6.45, 7) is 27.6. The van der Waals surface area contributed by atoms with Gasteiger partial charge < -0.3 is 4.74 Å². The maximum Gasteiger partial charge on any atom is 0.241 e. The third kappa shape index (κ3) is 9.57. The normalized spacial score (nSPS) is 12.6. The smallest absolute Gasteiger partial charge is 0.241 e. The van der Waals surface area contributed by atoms with Gasteiger partial charge in [0.1, 0.15) is 11.5 Å². The van der Waals surface area contributed by atoms with Crippen molar-refractivity contribution < 1.29 is 4.74 Å². The van der Waals surface area contributed by atoms with Crippen LogP contribution >= 0.6 is 0 Å². The lowest BCUT2D eigenvalue weighted by atomic mass is 9.36. The van der Waals surface area contributed by atoms with Crippen LogP contribution in [0.5, 0.6) is 11.5 Å². The summed E-state index contributed by atoms with van der Waals surface area (Å²) in [5, 5.41) is 2.35. The molecule has 71 heavy (non-hydrogen) atoms. The molecule has 9 aromatic rings. The molecule has 9 aromatic carbocycles. The van der Waals surface area contributed by atoms with Gasteiger partial charge in [-0.15, -0.1) is 0 Å². The number of rotatable bonds is 8. The summed E-state index contributed by atoms with van der Waals surface area (Å²) in [7, 11) is 0. The van der Waals surface area contributed by atoms with Gasteiger partial charge in [0.05, 0.1) is 0 Å². The molecule has 1 aliphatic rings. The van der Waals surface area contributed by atoms with Gasteiger partial charge in [-0.25, -0.2) is 0 Å². The lowest BCUT2D eigenvalue weighted by Gasteiger charge is -2.24. The molecular formula is C68H68B2O. The number of hydrogen-bond donors (Lipinski definition) is 0. The maximum absolute atomic E-state index is 6.85. The lowest BCUT2D eigenvalue weighted by Crippen LogP contribution is -2.52. The number of benzene rings is 9. The van der Waals surface area contributed by atoms with Crippen molar-refractivity contribution in [3.8, 4) is 44.9 Å². The molecule has 3 heteroatoms. The van der Waals surface area contributed by atoms with Gasteiger partial charge in [-0.2, -0.15) is 0 Å². The van der Waals surface area contributed by atoms with E-state index in [0.717, 1.165) is 28.0 Å². The van der Waals surface area contributed by atoms with Crippen molar-refractivity contribution in [2.45, 2.75) is 105 Å². The lowest BCUT2D eigenvalue weighted by molar-refractivity contribution is 0.487. The number of fused-ring (bicyclic) bond motifs is 2. The van der Waals surface area contributed by atoms with Crippen LogP contribution in [-0.4, -0.2) is 13.4 Å². The first kappa shape index (κ1) is 47.8. The van der Waals surface area contributed by atoms with Gasteiger partial charge in [0, 0.05) is 10.9 Å². The molecule has 0 spiro atoms. The van der Waals surface area contributed by atoms with Crippen LogP contribution in [0, 0.1) is 0 Å². The zero-order chi connectivity index (χ0) is 50.0. The minimum absolute atomic E-state index is 0.0954. The van der Waals surface area contributed by atoms with Crippen LogP contribution in [0.4, 0.5) is 0 Å². The van der Waals surface area contributed by atoms with Crippen LogP contribution < -0.4 is 37.5 Å². The summed E-state index contributed by atoms with van der Waals surface area (Å²) >= 11 is 0. The highest BCUT2D eigenvalue weighted by Gasteiger charge is 2.28.